The van der Waals surface area contributed by atoms with E-state index in [1.165, 1.54) is 5.56 Å². The summed E-state index contributed by atoms with van der Waals surface area (Å²) < 4.78 is 10.8. The molecule has 0 saturated carbocycles. The lowest BCUT2D eigenvalue weighted by atomic mass is 9.88. The highest BCUT2D eigenvalue weighted by Gasteiger charge is 2.21. The van der Waals surface area contributed by atoms with Crippen LogP contribution in [0.25, 0.3) is 0 Å². The van der Waals surface area contributed by atoms with Gasteiger partial charge in [-0.15, -0.1) is 0 Å². The minimum atomic E-state index is -0.519. The van der Waals surface area contributed by atoms with E-state index in [-0.39, 0.29) is 18.6 Å². The fourth-order valence-electron chi connectivity index (χ4n) is 3.30. The first-order valence-corrected chi connectivity index (χ1v) is 9.80. The minimum Gasteiger partial charge on any atom is -0.493 e. The van der Waals surface area contributed by atoms with Crippen LogP contribution >= 0.6 is 0 Å². The molecule has 0 unspecified atom stereocenters. The van der Waals surface area contributed by atoms with Gasteiger partial charge in [-0.05, 0) is 60.6 Å². The van der Waals surface area contributed by atoms with E-state index in [2.05, 4.69) is 25.2 Å². The monoisotopic (exact) mass is 381 g/mol. The van der Waals surface area contributed by atoms with Gasteiger partial charge in [-0.3, -0.25) is 4.79 Å². The quantitative estimate of drug-likeness (QED) is 0.734. The van der Waals surface area contributed by atoms with Crippen LogP contribution in [0, 0.1) is 5.92 Å². The van der Waals surface area contributed by atoms with E-state index in [4.69, 9.17) is 9.47 Å². The van der Waals surface area contributed by atoms with Gasteiger partial charge in [-0.2, -0.15) is 0 Å². The molecule has 3 rings (SSSR count). The van der Waals surface area contributed by atoms with E-state index >= 15 is 0 Å². The second-order valence-corrected chi connectivity index (χ2v) is 7.52. The third kappa shape index (κ3) is 5.35. The molecule has 0 bridgehead atoms. The second-order valence-electron chi connectivity index (χ2n) is 7.52. The van der Waals surface area contributed by atoms with Gasteiger partial charge in [0.25, 0.3) is 5.91 Å². The summed E-state index contributed by atoms with van der Waals surface area (Å²) in [5, 5.41) is 2.98. The Morgan fingerprint density at radius 1 is 1.11 bits per heavy atom. The first kappa shape index (κ1) is 19.9. The average Bonchev–Trinajstić information content (AvgIpc) is 2.71. The molecule has 2 aromatic rings. The standard InChI is InChI=1S/C23H27NO4/c1-16(2)14-27-19-12-10-18(11-13-19)23(26)28-15-22(25)24-21-9-5-7-17-6-3-4-8-20(17)21/h3-4,6,8,10-13,16,21H,5,7,9,14-15H2,1-2H3,(H,24,25)/t21-/m1/s1. The van der Waals surface area contributed by atoms with Crippen LogP contribution in [-0.2, 0) is 16.0 Å². The maximum Gasteiger partial charge on any atom is 0.338 e. The van der Waals surface area contributed by atoms with Crippen LogP contribution in [0.5, 0.6) is 5.75 Å². The Labute approximate surface area is 166 Å². The van der Waals surface area contributed by atoms with E-state index in [9.17, 15) is 9.59 Å². The van der Waals surface area contributed by atoms with E-state index in [1.54, 1.807) is 24.3 Å². The molecule has 28 heavy (non-hydrogen) atoms. The molecule has 1 aliphatic carbocycles. The van der Waals surface area contributed by atoms with Crippen LogP contribution in [-0.4, -0.2) is 25.1 Å². The Kier molecular flexibility index (Phi) is 6.69. The van der Waals surface area contributed by atoms with E-state index in [1.807, 2.05) is 18.2 Å². The molecule has 1 amide bonds. The van der Waals surface area contributed by atoms with Gasteiger partial charge in [0.15, 0.2) is 6.61 Å². The summed E-state index contributed by atoms with van der Waals surface area (Å²) in [6.07, 6.45) is 2.97. The zero-order chi connectivity index (χ0) is 19.9. The Balaban J connectivity index is 1.49. The molecule has 0 fully saturated rings. The normalized spacial score (nSPS) is 15.6. The molecule has 148 valence electrons. The molecule has 0 radical (unpaired) electrons. The average molecular weight is 381 g/mol. The van der Waals surface area contributed by atoms with Crippen molar-refractivity contribution in [2.75, 3.05) is 13.2 Å². The summed E-state index contributed by atoms with van der Waals surface area (Å²) in [5.41, 5.74) is 2.83. The third-order valence-corrected chi connectivity index (χ3v) is 4.71. The Morgan fingerprint density at radius 3 is 2.61 bits per heavy atom. The first-order valence-electron chi connectivity index (χ1n) is 9.80. The van der Waals surface area contributed by atoms with Crippen LogP contribution in [0.1, 0.15) is 54.2 Å². The first-order chi connectivity index (χ1) is 13.5. The summed E-state index contributed by atoms with van der Waals surface area (Å²) in [6.45, 7) is 4.47. The van der Waals surface area contributed by atoms with Gasteiger partial charge in [0.2, 0.25) is 0 Å². The van der Waals surface area contributed by atoms with Crippen LogP contribution in [0.2, 0.25) is 0 Å². The van der Waals surface area contributed by atoms with Crippen molar-refractivity contribution < 1.29 is 19.1 Å². The zero-order valence-electron chi connectivity index (χ0n) is 16.4. The fraction of sp³-hybridized carbons (Fsp3) is 0.391. The smallest absolute Gasteiger partial charge is 0.338 e. The largest absolute Gasteiger partial charge is 0.493 e. The number of ether oxygens (including phenoxy) is 2. The maximum atomic E-state index is 12.3. The van der Waals surface area contributed by atoms with E-state index in [0.29, 0.717) is 23.8 Å². The number of carbonyl (C=O) groups excluding carboxylic acids is 2. The van der Waals surface area contributed by atoms with Gasteiger partial charge >= 0.3 is 5.97 Å². The molecule has 5 nitrogen and oxygen atoms in total. The van der Waals surface area contributed by atoms with Crippen LogP contribution in [0.3, 0.4) is 0 Å². The number of benzene rings is 2. The summed E-state index contributed by atoms with van der Waals surface area (Å²) in [6, 6.07) is 14.9. The minimum absolute atomic E-state index is 0.0199. The molecule has 1 N–H and O–H groups in total. The molecule has 0 heterocycles. The number of esters is 1. The maximum absolute atomic E-state index is 12.3. The lowest BCUT2D eigenvalue weighted by Gasteiger charge is -2.26. The van der Waals surface area contributed by atoms with Crippen molar-refractivity contribution >= 4 is 11.9 Å². The van der Waals surface area contributed by atoms with Crippen LogP contribution in [0.15, 0.2) is 48.5 Å². The highest BCUT2D eigenvalue weighted by Crippen LogP contribution is 2.29. The second kappa shape index (κ2) is 9.40. The van der Waals surface area contributed by atoms with Crippen molar-refractivity contribution in [3.05, 3.63) is 65.2 Å². The van der Waals surface area contributed by atoms with Crippen molar-refractivity contribution in [2.24, 2.45) is 5.92 Å². The predicted molar refractivity (Wildman–Crippen MR) is 107 cm³/mol. The van der Waals surface area contributed by atoms with Gasteiger partial charge in [-0.1, -0.05) is 38.1 Å². The molecule has 2 aromatic carbocycles. The fourth-order valence-corrected chi connectivity index (χ4v) is 3.30. The molecule has 0 saturated heterocycles. The van der Waals surface area contributed by atoms with Crippen molar-refractivity contribution in [1.82, 2.24) is 5.32 Å². The van der Waals surface area contributed by atoms with Crippen LogP contribution < -0.4 is 10.1 Å². The highest BCUT2D eigenvalue weighted by molar-refractivity contribution is 5.91. The molecule has 0 spiro atoms. The number of aryl methyl sites for hydroxylation is 1. The molecular formula is C23H27NO4. The zero-order valence-corrected chi connectivity index (χ0v) is 16.4. The molecule has 5 heteroatoms. The molecular weight excluding hydrogens is 354 g/mol. The van der Waals surface area contributed by atoms with Crippen LogP contribution in [0.4, 0.5) is 0 Å². The number of carbonyl (C=O) groups is 2. The summed E-state index contributed by atoms with van der Waals surface area (Å²) in [4.78, 5) is 24.4. The summed E-state index contributed by atoms with van der Waals surface area (Å²) >= 11 is 0. The highest BCUT2D eigenvalue weighted by atomic mass is 16.5. The topological polar surface area (TPSA) is 64.6 Å². The van der Waals surface area contributed by atoms with Crippen molar-refractivity contribution in [3.63, 3.8) is 0 Å². The molecule has 0 aliphatic heterocycles. The third-order valence-electron chi connectivity index (χ3n) is 4.71. The molecule has 1 atom stereocenters. The van der Waals surface area contributed by atoms with Gasteiger partial charge in [0.1, 0.15) is 5.75 Å². The van der Waals surface area contributed by atoms with Crippen molar-refractivity contribution in [1.29, 1.82) is 0 Å². The lowest BCUT2D eigenvalue weighted by molar-refractivity contribution is -0.125. The Morgan fingerprint density at radius 2 is 1.86 bits per heavy atom. The summed E-state index contributed by atoms with van der Waals surface area (Å²) in [5.74, 6) is 0.333. The van der Waals surface area contributed by atoms with Gasteiger partial charge in [0, 0.05) is 0 Å². The lowest BCUT2D eigenvalue weighted by Crippen LogP contribution is -2.34. The number of fused-ring (bicyclic) bond motifs is 1. The van der Waals surface area contributed by atoms with Crippen molar-refractivity contribution in [2.45, 2.75) is 39.2 Å². The number of hydrogen-bond acceptors (Lipinski definition) is 4. The van der Waals surface area contributed by atoms with E-state index in [0.717, 1.165) is 24.8 Å². The van der Waals surface area contributed by atoms with Crippen molar-refractivity contribution in [3.8, 4) is 5.75 Å². The Hall–Kier alpha value is -2.82. The SMILES string of the molecule is CC(C)COc1ccc(C(=O)OCC(=O)N[C@@H]2CCCc3ccccc32)cc1. The number of nitrogens with one attached hydrogen (secondary N) is 1. The summed E-state index contributed by atoms with van der Waals surface area (Å²) in [7, 11) is 0. The van der Waals surface area contributed by atoms with Gasteiger partial charge < -0.3 is 14.8 Å². The van der Waals surface area contributed by atoms with E-state index < -0.39 is 5.97 Å². The number of hydrogen-bond donors (Lipinski definition) is 1. The predicted octanol–water partition coefficient (Wildman–Crippen LogP) is 4.07. The molecule has 1 aliphatic rings. The number of rotatable bonds is 7. The van der Waals surface area contributed by atoms with Gasteiger partial charge in [0.05, 0.1) is 18.2 Å². The Bertz CT molecular complexity index is 814. The van der Waals surface area contributed by atoms with Gasteiger partial charge in [-0.25, -0.2) is 4.79 Å². The molecule has 0 aromatic heterocycles. The number of amides is 1.